The van der Waals surface area contributed by atoms with Crippen molar-refractivity contribution in [3.63, 3.8) is 0 Å². The van der Waals surface area contributed by atoms with Gasteiger partial charge < -0.3 is 0 Å². The molecule has 74 valence electrons. The van der Waals surface area contributed by atoms with Crippen molar-refractivity contribution in [1.29, 1.82) is 0 Å². The van der Waals surface area contributed by atoms with E-state index in [0.717, 1.165) is 13.2 Å². The molecule has 0 aromatic heterocycles. The second-order valence-corrected chi connectivity index (χ2v) is 4.43. The number of rotatable bonds is 3. The van der Waals surface area contributed by atoms with Crippen LogP contribution in [0.4, 0.5) is 11.4 Å². The van der Waals surface area contributed by atoms with Crippen molar-refractivity contribution in [3.8, 4) is 0 Å². The van der Waals surface area contributed by atoms with E-state index in [2.05, 4.69) is 4.72 Å². The first kappa shape index (κ1) is 10.5. The summed E-state index contributed by atoms with van der Waals surface area (Å²) < 4.78 is 23.7. The van der Waals surface area contributed by atoms with E-state index < -0.39 is 14.8 Å². The summed E-state index contributed by atoms with van der Waals surface area (Å²) in [6.45, 7) is 0. The third-order valence-corrected chi connectivity index (χ3v) is 1.97. The molecule has 1 rings (SSSR count). The minimum Gasteiger partial charge on any atom is -0.293 e. The summed E-state index contributed by atoms with van der Waals surface area (Å²) in [6, 6.07) is 5.29. The summed E-state index contributed by atoms with van der Waals surface area (Å²) in [6.07, 6.45) is 0. The van der Waals surface area contributed by atoms with Gasteiger partial charge in [-0.3, -0.25) is 14.8 Å². The second-order valence-electron chi connectivity index (χ2n) is 2.68. The van der Waals surface area contributed by atoms with E-state index in [1.807, 2.05) is 0 Å². The fraction of sp³-hybridized carbons (Fsp3) is 0. The number of nitrogens with one attached hydrogen (secondary N) is 1. The average Bonchev–Trinajstić information content (AvgIpc) is 2.01. The van der Waals surface area contributed by atoms with Gasteiger partial charge in [0.2, 0.25) is 0 Å². The summed E-state index contributed by atoms with van der Waals surface area (Å²) >= 11 is 0. The number of nitro groups is 1. The van der Waals surface area contributed by atoms with Gasteiger partial charge in [-0.2, -0.15) is 0 Å². The van der Waals surface area contributed by atoms with Crippen molar-refractivity contribution in [1.82, 2.24) is 0 Å². The zero-order valence-corrected chi connectivity index (χ0v) is 8.11. The Hall–Kier alpha value is -1.57. The lowest BCUT2D eigenvalue weighted by Crippen LogP contribution is -2.11. The zero-order chi connectivity index (χ0) is 10.8. The van der Waals surface area contributed by atoms with Crippen LogP contribution in [0.15, 0.2) is 24.3 Å². The third-order valence-electron chi connectivity index (χ3n) is 1.36. The van der Waals surface area contributed by atoms with Crippen LogP contribution in [0, 0.1) is 10.1 Å². The number of nitro benzene ring substituents is 1. The molecule has 1 aromatic carbocycles. The fourth-order valence-electron chi connectivity index (χ4n) is 0.897. The van der Waals surface area contributed by atoms with Gasteiger partial charge >= 0.3 is 0 Å². The Morgan fingerprint density at radius 2 is 2.07 bits per heavy atom. The predicted octanol–water partition coefficient (Wildman–Crippen LogP) is -0.115. The molecule has 1 aromatic rings. The molecule has 0 saturated heterocycles. The van der Waals surface area contributed by atoms with Gasteiger partial charge in [-0.1, -0.05) is 6.07 Å². The van der Waals surface area contributed by atoms with Crippen LogP contribution in [0.5, 0.6) is 0 Å². The molecule has 14 heavy (non-hydrogen) atoms. The van der Waals surface area contributed by atoms with Crippen molar-refractivity contribution >= 4 is 28.4 Å². The maximum absolute atomic E-state index is 10.8. The average molecular weight is 214 g/mol. The zero-order valence-electron chi connectivity index (χ0n) is 7.30. The second kappa shape index (κ2) is 3.66. The van der Waals surface area contributed by atoms with E-state index in [-0.39, 0.29) is 11.4 Å². The standard InChI is InChI=1S/C6H7BN2O4S/c7-14(12,13)8-5-2-1-3-6(4-5)9(10)11/h1-4,8H,7H2. The minimum atomic E-state index is -3.39. The topological polar surface area (TPSA) is 89.3 Å². The van der Waals surface area contributed by atoms with Gasteiger partial charge in [0.15, 0.2) is 9.87 Å². The number of hydrogen-bond acceptors (Lipinski definition) is 4. The SMILES string of the molecule is BS(=O)(=O)Nc1cccc([N+](=O)[O-])c1. The van der Waals surface area contributed by atoms with E-state index in [9.17, 15) is 18.5 Å². The fourth-order valence-corrected chi connectivity index (χ4v) is 1.45. The highest BCUT2D eigenvalue weighted by molar-refractivity contribution is 8.13. The van der Waals surface area contributed by atoms with Crippen LogP contribution in [0.25, 0.3) is 0 Å². The van der Waals surface area contributed by atoms with Gasteiger partial charge in [0.05, 0.1) is 10.6 Å². The third kappa shape index (κ3) is 3.06. The Morgan fingerprint density at radius 3 is 2.57 bits per heavy atom. The van der Waals surface area contributed by atoms with Crippen molar-refractivity contribution in [2.75, 3.05) is 4.72 Å². The Balaban J connectivity index is 3.01. The molecule has 0 aliphatic rings. The molecule has 0 unspecified atom stereocenters. The van der Waals surface area contributed by atoms with Gasteiger partial charge in [0.25, 0.3) is 12.8 Å². The number of benzene rings is 1. The lowest BCUT2D eigenvalue weighted by Gasteiger charge is -2.02. The molecule has 0 aliphatic heterocycles. The Labute approximate surface area is 81.4 Å². The highest BCUT2D eigenvalue weighted by Gasteiger charge is 2.07. The van der Waals surface area contributed by atoms with Crippen LogP contribution in [-0.4, -0.2) is 20.5 Å². The van der Waals surface area contributed by atoms with Gasteiger partial charge in [-0.05, 0) is 6.07 Å². The molecule has 0 fully saturated rings. The highest BCUT2D eigenvalue weighted by Crippen LogP contribution is 2.17. The van der Waals surface area contributed by atoms with Gasteiger partial charge in [0.1, 0.15) is 0 Å². The molecule has 0 radical (unpaired) electrons. The highest BCUT2D eigenvalue weighted by atomic mass is 32.2. The number of hydrogen-bond donors (Lipinski definition) is 1. The van der Waals surface area contributed by atoms with Crippen LogP contribution in [0.3, 0.4) is 0 Å². The monoisotopic (exact) mass is 214 g/mol. The Morgan fingerprint density at radius 1 is 1.43 bits per heavy atom. The van der Waals surface area contributed by atoms with Gasteiger partial charge in [-0.25, -0.2) is 8.42 Å². The molecule has 6 nitrogen and oxygen atoms in total. The molecule has 0 heterocycles. The van der Waals surface area contributed by atoms with E-state index in [1.54, 1.807) is 0 Å². The summed E-state index contributed by atoms with van der Waals surface area (Å²) in [4.78, 5) is 9.76. The van der Waals surface area contributed by atoms with Crippen molar-refractivity contribution < 1.29 is 13.3 Å². The van der Waals surface area contributed by atoms with Crippen molar-refractivity contribution in [2.45, 2.75) is 0 Å². The predicted molar refractivity (Wildman–Crippen MR) is 54.2 cm³/mol. The first-order chi connectivity index (χ1) is 6.38. The maximum Gasteiger partial charge on any atom is 0.282 e. The molecule has 1 N–H and O–H groups in total. The van der Waals surface area contributed by atoms with E-state index in [4.69, 9.17) is 0 Å². The molecule has 0 aliphatic carbocycles. The lowest BCUT2D eigenvalue weighted by atomic mass is 10.3. The van der Waals surface area contributed by atoms with E-state index in [1.165, 1.54) is 18.2 Å². The van der Waals surface area contributed by atoms with E-state index in [0.29, 0.717) is 0 Å². The molecule has 0 atom stereocenters. The number of nitrogens with zero attached hydrogens (tertiary/aromatic N) is 1. The number of non-ortho nitro benzene ring substituents is 1. The summed E-state index contributed by atoms with van der Waals surface area (Å²) in [5.41, 5.74) is 0.0281. The van der Waals surface area contributed by atoms with Crippen LogP contribution in [0.1, 0.15) is 0 Å². The molecule has 8 heteroatoms. The molecular weight excluding hydrogens is 207 g/mol. The smallest absolute Gasteiger partial charge is 0.282 e. The first-order valence-electron chi connectivity index (χ1n) is 3.61. The van der Waals surface area contributed by atoms with Crippen LogP contribution in [-0.2, 0) is 9.87 Å². The molecular formula is C6H7BN2O4S. The van der Waals surface area contributed by atoms with Crippen LogP contribution >= 0.6 is 0 Å². The summed E-state index contributed by atoms with van der Waals surface area (Å²) in [5, 5.41) is 10.3. The number of anilines is 1. The van der Waals surface area contributed by atoms with E-state index >= 15 is 0 Å². The first-order valence-corrected chi connectivity index (χ1v) is 5.50. The summed E-state index contributed by atoms with van der Waals surface area (Å²) in [7, 11) is -2.41. The van der Waals surface area contributed by atoms with Gasteiger partial charge in [-0.15, -0.1) is 0 Å². The van der Waals surface area contributed by atoms with Gasteiger partial charge in [0, 0.05) is 12.1 Å². The van der Waals surface area contributed by atoms with Crippen LogP contribution in [0.2, 0.25) is 0 Å². The molecule has 0 bridgehead atoms. The van der Waals surface area contributed by atoms with Crippen molar-refractivity contribution in [2.24, 2.45) is 0 Å². The normalized spacial score (nSPS) is 10.9. The summed E-state index contributed by atoms with van der Waals surface area (Å²) in [5.74, 6) is 0. The Kier molecular flexibility index (Phi) is 2.75. The van der Waals surface area contributed by atoms with Crippen molar-refractivity contribution in [3.05, 3.63) is 34.4 Å². The lowest BCUT2D eigenvalue weighted by molar-refractivity contribution is -0.384. The van der Waals surface area contributed by atoms with Crippen LogP contribution < -0.4 is 4.72 Å². The largest absolute Gasteiger partial charge is 0.293 e. The maximum atomic E-state index is 10.8. The molecule has 0 saturated carbocycles. The molecule has 0 amide bonds. The minimum absolute atomic E-state index is 0.154. The Bertz CT molecular complexity index is 459. The molecule has 0 spiro atoms. The quantitative estimate of drug-likeness (QED) is 0.431.